The number of rotatable bonds is 9. The maximum Gasteiger partial charge on any atom is 0.229 e. The summed E-state index contributed by atoms with van der Waals surface area (Å²) < 4.78 is 37.2. The van der Waals surface area contributed by atoms with Gasteiger partial charge in [-0.15, -0.1) is 0 Å². The first-order chi connectivity index (χ1) is 19.4. The highest BCUT2D eigenvalue weighted by atomic mass is 19.1. The number of aliphatic hydroxyl groups excluding tert-OH is 1. The van der Waals surface area contributed by atoms with Crippen molar-refractivity contribution in [3.8, 4) is 17.3 Å². The van der Waals surface area contributed by atoms with Gasteiger partial charge in [0, 0.05) is 18.8 Å². The second-order valence-corrected chi connectivity index (χ2v) is 10.2. The lowest BCUT2D eigenvalue weighted by atomic mass is 9.74. The number of nitrogens with two attached hydrogens (primary N) is 1. The minimum atomic E-state index is -0.753. The topological polar surface area (TPSA) is 134 Å². The number of imidazole rings is 1. The van der Waals surface area contributed by atoms with Gasteiger partial charge in [-0.2, -0.15) is 14.9 Å². The summed E-state index contributed by atoms with van der Waals surface area (Å²) in [7, 11) is 0. The maximum atomic E-state index is 14.9. The second kappa shape index (κ2) is 12.0. The van der Waals surface area contributed by atoms with Crippen molar-refractivity contribution in [2.24, 2.45) is 11.7 Å². The molecule has 0 amide bonds. The summed E-state index contributed by atoms with van der Waals surface area (Å²) >= 11 is 0. The molecule has 3 heterocycles. The lowest BCUT2D eigenvalue weighted by Gasteiger charge is -2.39. The quantitative estimate of drug-likeness (QED) is 0.261. The molecule has 1 aliphatic carbocycles. The third-order valence-corrected chi connectivity index (χ3v) is 7.40. The number of pyridine rings is 1. The van der Waals surface area contributed by atoms with Crippen molar-refractivity contribution >= 4 is 17.2 Å². The molecule has 1 aliphatic rings. The SMILES string of the molecule is CC1CC(c2ccncc2Nc2ncc3ccc(-c4c(F)cc(CCO)cc4F)nn23)CC(N)C1OCCC#N. The number of halogens is 2. The number of hydrogen-bond donors (Lipinski definition) is 3. The summed E-state index contributed by atoms with van der Waals surface area (Å²) in [6, 6.07) is 9.54. The fraction of sp³-hybridized carbons (Fsp3) is 0.379. The average molecular weight is 548 g/mol. The van der Waals surface area contributed by atoms with Gasteiger partial charge in [-0.3, -0.25) is 4.98 Å². The molecule has 1 saturated carbocycles. The van der Waals surface area contributed by atoms with Crippen LogP contribution in [-0.2, 0) is 11.2 Å². The van der Waals surface area contributed by atoms with Crippen LogP contribution in [0.5, 0.6) is 0 Å². The number of ether oxygens (including phenoxy) is 1. The highest BCUT2D eigenvalue weighted by Crippen LogP contribution is 2.40. The van der Waals surface area contributed by atoms with Crippen LogP contribution in [0.1, 0.15) is 43.2 Å². The van der Waals surface area contributed by atoms with Crippen LogP contribution >= 0.6 is 0 Å². The van der Waals surface area contributed by atoms with Gasteiger partial charge in [0.05, 0.1) is 60.1 Å². The van der Waals surface area contributed by atoms with Crippen molar-refractivity contribution in [1.29, 1.82) is 5.26 Å². The van der Waals surface area contributed by atoms with Gasteiger partial charge in [-0.1, -0.05) is 6.92 Å². The van der Waals surface area contributed by atoms with Crippen molar-refractivity contribution in [1.82, 2.24) is 19.6 Å². The number of anilines is 2. The Kier molecular flexibility index (Phi) is 8.30. The fourth-order valence-corrected chi connectivity index (χ4v) is 5.58. The standard InChI is InChI=1S/C29H31F2N7O2/c1-17-11-19(14-24(33)28(17)40-10-2-7-32)21-5-8-34-16-26(21)36-29-35-15-20-3-4-25(37-38(20)29)27-22(30)12-18(6-9-39)13-23(27)31/h3-5,8,12-13,15-17,19,24,28,39H,2,6,9-11,14,33H2,1H3,(H,35,36). The van der Waals surface area contributed by atoms with Crippen molar-refractivity contribution in [2.45, 2.75) is 50.7 Å². The molecule has 1 aromatic carbocycles. The highest BCUT2D eigenvalue weighted by molar-refractivity contribution is 5.66. The number of aromatic nitrogens is 4. The molecule has 208 valence electrons. The van der Waals surface area contributed by atoms with Gasteiger partial charge in [0.25, 0.3) is 0 Å². The van der Waals surface area contributed by atoms with Crippen LogP contribution in [0.25, 0.3) is 16.8 Å². The first-order valence-electron chi connectivity index (χ1n) is 13.3. The zero-order valence-corrected chi connectivity index (χ0v) is 22.1. The predicted octanol–water partition coefficient (Wildman–Crippen LogP) is 4.49. The van der Waals surface area contributed by atoms with Crippen LogP contribution in [-0.4, -0.2) is 50.0 Å². The predicted molar refractivity (Wildman–Crippen MR) is 146 cm³/mol. The molecule has 11 heteroatoms. The Labute approximate surface area is 230 Å². The van der Waals surface area contributed by atoms with Crippen LogP contribution in [0.3, 0.4) is 0 Å². The Bertz CT molecular complexity index is 1500. The van der Waals surface area contributed by atoms with Crippen LogP contribution in [0, 0.1) is 28.9 Å². The van der Waals surface area contributed by atoms with Gasteiger partial charge in [0.2, 0.25) is 5.95 Å². The Morgan fingerprint density at radius 1 is 1.20 bits per heavy atom. The lowest BCUT2D eigenvalue weighted by molar-refractivity contribution is -0.0198. The molecular weight excluding hydrogens is 516 g/mol. The molecule has 3 aromatic heterocycles. The van der Waals surface area contributed by atoms with Crippen LogP contribution in [0.15, 0.2) is 48.9 Å². The van der Waals surface area contributed by atoms with E-state index in [-0.39, 0.29) is 48.3 Å². The zero-order chi connectivity index (χ0) is 28.2. The van der Waals surface area contributed by atoms with E-state index >= 15 is 0 Å². The van der Waals surface area contributed by atoms with Gasteiger partial charge in [-0.05, 0) is 72.6 Å². The van der Waals surface area contributed by atoms with E-state index in [9.17, 15) is 8.78 Å². The van der Waals surface area contributed by atoms with E-state index in [1.807, 2.05) is 6.07 Å². The number of benzene rings is 1. The first kappa shape index (κ1) is 27.6. The fourth-order valence-electron chi connectivity index (χ4n) is 5.58. The molecule has 0 radical (unpaired) electrons. The van der Waals surface area contributed by atoms with E-state index in [0.29, 0.717) is 36.5 Å². The number of aliphatic hydroxyl groups is 1. The summed E-state index contributed by atoms with van der Waals surface area (Å²) in [5.41, 5.74) is 9.15. The third kappa shape index (κ3) is 5.65. The summed E-state index contributed by atoms with van der Waals surface area (Å²) in [5.74, 6) is -0.802. The Morgan fingerprint density at radius 2 is 2.00 bits per heavy atom. The van der Waals surface area contributed by atoms with Crippen molar-refractivity contribution in [2.75, 3.05) is 18.5 Å². The Morgan fingerprint density at radius 3 is 2.73 bits per heavy atom. The summed E-state index contributed by atoms with van der Waals surface area (Å²) in [6.45, 7) is 2.28. The molecule has 40 heavy (non-hydrogen) atoms. The smallest absolute Gasteiger partial charge is 0.229 e. The number of nitrogens with zero attached hydrogens (tertiary/aromatic N) is 5. The van der Waals surface area contributed by atoms with E-state index in [1.165, 1.54) is 16.6 Å². The highest BCUT2D eigenvalue weighted by Gasteiger charge is 2.35. The number of nitrogens with one attached hydrogen (secondary N) is 1. The van der Waals surface area contributed by atoms with E-state index in [0.717, 1.165) is 17.7 Å². The molecule has 4 N–H and O–H groups in total. The monoisotopic (exact) mass is 547 g/mol. The second-order valence-electron chi connectivity index (χ2n) is 10.2. The van der Waals surface area contributed by atoms with Gasteiger partial charge < -0.3 is 20.9 Å². The Balaban J connectivity index is 1.42. The van der Waals surface area contributed by atoms with Crippen molar-refractivity contribution < 1.29 is 18.6 Å². The molecule has 4 aromatic rings. The largest absolute Gasteiger partial charge is 0.396 e. The molecule has 1 fully saturated rings. The first-order valence-corrected chi connectivity index (χ1v) is 13.3. The van der Waals surface area contributed by atoms with Gasteiger partial charge in [0.15, 0.2) is 0 Å². The summed E-state index contributed by atoms with van der Waals surface area (Å²) in [4.78, 5) is 8.75. The number of fused-ring (bicyclic) bond motifs is 1. The Hall–Kier alpha value is -3.98. The minimum Gasteiger partial charge on any atom is -0.396 e. The molecule has 4 unspecified atom stereocenters. The molecule has 9 nitrogen and oxygen atoms in total. The van der Waals surface area contributed by atoms with E-state index in [2.05, 4.69) is 33.4 Å². The molecular formula is C29H31F2N7O2. The molecule has 0 spiro atoms. The third-order valence-electron chi connectivity index (χ3n) is 7.40. The van der Waals surface area contributed by atoms with Crippen molar-refractivity contribution in [3.05, 3.63) is 71.7 Å². The number of nitriles is 1. The van der Waals surface area contributed by atoms with E-state index in [4.69, 9.17) is 20.8 Å². The minimum absolute atomic E-state index is 0.111. The van der Waals surface area contributed by atoms with Crippen LogP contribution in [0.2, 0.25) is 0 Å². The molecule has 0 saturated heterocycles. The molecule has 4 atom stereocenters. The van der Waals surface area contributed by atoms with E-state index in [1.54, 1.807) is 30.7 Å². The zero-order valence-electron chi connectivity index (χ0n) is 22.1. The van der Waals surface area contributed by atoms with Crippen molar-refractivity contribution in [3.63, 3.8) is 0 Å². The van der Waals surface area contributed by atoms with Crippen LogP contribution < -0.4 is 11.1 Å². The molecule has 0 aliphatic heterocycles. The van der Waals surface area contributed by atoms with Gasteiger partial charge in [-0.25, -0.2) is 13.8 Å². The van der Waals surface area contributed by atoms with Crippen LogP contribution in [0.4, 0.5) is 20.4 Å². The normalized spacial score (nSPS) is 20.9. The molecule has 0 bridgehead atoms. The molecule has 5 rings (SSSR count). The summed E-state index contributed by atoms with van der Waals surface area (Å²) in [6.07, 6.45) is 7.00. The summed E-state index contributed by atoms with van der Waals surface area (Å²) in [5, 5.41) is 25.7. The lowest BCUT2D eigenvalue weighted by Crippen LogP contribution is -2.46. The average Bonchev–Trinajstić information content (AvgIpc) is 3.32. The number of hydrogen-bond acceptors (Lipinski definition) is 8. The van der Waals surface area contributed by atoms with E-state index < -0.39 is 11.6 Å². The maximum absolute atomic E-state index is 14.9. The van der Waals surface area contributed by atoms with Gasteiger partial charge in [0.1, 0.15) is 11.6 Å². The van der Waals surface area contributed by atoms with Gasteiger partial charge >= 0.3 is 0 Å².